The fourth-order valence-corrected chi connectivity index (χ4v) is 2.70. The van der Waals surface area contributed by atoms with Crippen LogP contribution in [0.3, 0.4) is 0 Å². The Kier molecular flexibility index (Phi) is 37.7. The Hall–Kier alpha value is -0.320. The van der Waals surface area contributed by atoms with Crippen LogP contribution in [0.25, 0.3) is 0 Å². The molecule has 0 bridgehead atoms. The molecular weight excluding hydrogens is 588 g/mol. The Labute approximate surface area is 316 Å². The molecule has 0 aromatic rings. The predicted octanol–water partition coefficient (Wildman–Crippen LogP) is -21.0. The second kappa shape index (κ2) is 28.8. The molecule has 0 rings (SSSR count). The Balaban J connectivity index is -0.000000131. The van der Waals surface area contributed by atoms with Crippen molar-refractivity contribution < 1.29 is 187 Å². The zero-order valence-electron chi connectivity index (χ0n) is 22.7. The van der Waals surface area contributed by atoms with Crippen LogP contribution < -0.4 is 150 Å². The molecule has 0 aliphatic carbocycles. The summed E-state index contributed by atoms with van der Waals surface area (Å²) < 4.78 is 0. The van der Waals surface area contributed by atoms with Gasteiger partial charge in [0.2, 0.25) is 11.8 Å². The molecule has 0 fully saturated rings. The number of carbonyl (C=O) groups excluding carboxylic acids is 6. The van der Waals surface area contributed by atoms with Crippen LogP contribution in [0.4, 0.5) is 0 Å². The van der Waals surface area contributed by atoms with E-state index >= 15 is 0 Å². The minimum Gasteiger partial charge on any atom is -0.549 e. The first-order chi connectivity index (χ1) is 16.5. The Morgan fingerprint density at radius 1 is 0.525 bits per heavy atom. The monoisotopic (exact) mass is 612 g/mol. The van der Waals surface area contributed by atoms with Crippen LogP contribution in [0.5, 0.6) is 0 Å². The number of rotatable bonds is 18. The van der Waals surface area contributed by atoms with Gasteiger partial charge in [-0.1, -0.05) is 0 Å². The molecule has 2 amide bonds. The van der Waals surface area contributed by atoms with E-state index in [4.69, 9.17) is 21.7 Å². The Morgan fingerprint density at radius 2 is 0.725 bits per heavy atom. The fourth-order valence-electron chi connectivity index (χ4n) is 2.70. The van der Waals surface area contributed by atoms with Crippen molar-refractivity contribution in [2.45, 2.75) is 37.8 Å². The van der Waals surface area contributed by atoms with Crippen molar-refractivity contribution in [1.82, 2.24) is 9.80 Å². The largest absolute Gasteiger partial charge is 1.00 e. The molecule has 0 aliphatic heterocycles. The number of carbonyl (C=O) groups is 8. The molecule has 204 valence electrons. The quantitative estimate of drug-likeness (QED) is 0.104. The molecule has 0 spiro atoms. The van der Waals surface area contributed by atoms with Gasteiger partial charge in [0, 0.05) is 39.0 Å². The summed E-state index contributed by atoms with van der Waals surface area (Å²) >= 11 is 0. The van der Waals surface area contributed by atoms with E-state index in [0.29, 0.717) is 9.80 Å². The fraction of sp³-hybridized carbons (Fsp3) is 0.556. The molecular formula is C18H24N4Na4O14. The average molecular weight is 612 g/mol. The smallest absolute Gasteiger partial charge is 0.549 e. The minimum absolute atomic E-state index is 0. The number of carboxylic acid groups (broad SMARTS) is 6. The van der Waals surface area contributed by atoms with Crippen molar-refractivity contribution in [3.63, 3.8) is 0 Å². The summed E-state index contributed by atoms with van der Waals surface area (Å²) in [6.45, 7) is -3.60. The minimum atomic E-state index is -1.64. The Bertz CT molecular complexity index is 764. The van der Waals surface area contributed by atoms with Crippen LogP contribution in [-0.2, 0) is 38.4 Å². The molecule has 6 N–H and O–H groups in total. The molecule has 2 atom stereocenters. The third-order valence-electron chi connectivity index (χ3n) is 4.11. The number of primary amides is 2. The van der Waals surface area contributed by atoms with E-state index in [9.17, 15) is 58.8 Å². The third-order valence-corrected chi connectivity index (χ3v) is 4.11. The second-order valence-electron chi connectivity index (χ2n) is 7.02. The number of hydrogen-bond acceptors (Lipinski definition) is 14. The third kappa shape index (κ3) is 29.2. The summed E-state index contributed by atoms with van der Waals surface area (Å²) in [7, 11) is 0. The molecule has 0 saturated heterocycles. The van der Waals surface area contributed by atoms with E-state index in [-0.39, 0.29) is 144 Å². The van der Waals surface area contributed by atoms with Gasteiger partial charge >= 0.3 is 130 Å². The molecule has 0 aromatic carbocycles. The number of nitrogens with zero attached hydrogens (tertiary/aromatic N) is 2. The van der Waals surface area contributed by atoms with Crippen molar-refractivity contribution in [3.05, 3.63) is 0 Å². The Morgan fingerprint density at radius 3 is 0.850 bits per heavy atom. The maximum atomic E-state index is 10.9. The van der Waals surface area contributed by atoms with E-state index in [1.165, 1.54) is 0 Å². The van der Waals surface area contributed by atoms with Crippen molar-refractivity contribution in [1.29, 1.82) is 0 Å². The van der Waals surface area contributed by atoms with Gasteiger partial charge in [-0.25, -0.2) is 0 Å². The molecule has 22 heteroatoms. The van der Waals surface area contributed by atoms with E-state index in [0.717, 1.165) is 0 Å². The van der Waals surface area contributed by atoms with Gasteiger partial charge in [0.05, 0.1) is 23.9 Å². The normalized spacial score (nSPS) is 10.8. The van der Waals surface area contributed by atoms with Crippen LogP contribution in [0, 0.1) is 0 Å². The maximum absolute atomic E-state index is 10.9. The molecule has 0 unspecified atom stereocenters. The van der Waals surface area contributed by atoms with Gasteiger partial charge in [0.15, 0.2) is 0 Å². The van der Waals surface area contributed by atoms with Crippen molar-refractivity contribution in [3.8, 4) is 0 Å². The van der Waals surface area contributed by atoms with Gasteiger partial charge in [-0.05, 0) is 12.8 Å². The van der Waals surface area contributed by atoms with Crippen molar-refractivity contribution >= 4 is 47.6 Å². The summed E-state index contributed by atoms with van der Waals surface area (Å²) in [6.07, 6.45) is -1.22. The molecule has 0 aliphatic rings. The number of carboxylic acids is 6. The summed E-state index contributed by atoms with van der Waals surface area (Å²) in [5.41, 5.74) is 9.67. The first-order valence-electron chi connectivity index (χ1n) is 9.77. The van der Waals surface area contributed by atoms with E-state index in [2.05, 4.69) is 0 Å². The summed E-state index contributed by atoms with van der Waals surface area (Å²) in [5.74, 6) is -11.0. The molecule has 40 heavy (non-hydrogen) atoms. The molecule has 18 nitrogen and oxygen atoms in total. The van der Waals surface area contributed by atoms with Gasteiger partial charge in [-0.3, -0.25) is 29.0 Å². The van der Waals surface area contributed by atoms with Gasteiger partial charge in [-0.15, -0.1) is 0 Å². The van der Waals surface area contributed by atoms with Gasteiger partial charge in [0.1, 0.15) is 12.1 Å². The van der Waals surface area contributed by atoms with Gasteiger partial charge in [0.25, 0.3) is 0 Å². The van der Waals surface area contributed by atoms with Crippen LogP contribution in [-0.4, -0.2) is 106 Å². The molecule has 0 heterocycles. The number of hydrogen-bond donors (Lipinski definition) is 4. The van der Waals surface area contributed by atoms with Crippen LogP contribution in [0.1, 0.15) is 25.7 Å². The summed E-state index contributed by atoms with van der Waals surface area (Å²) in [5, 5.41) is 59.3. The first-order valence-corrected chi connectivity index (χ1v) is 9.77. The number of nitrogens with two attached hydrogens (primary N) is 2. The molecule has 0 radical (unpaired) electrons. The SMILES string of the molecule is NC(=O)CC[C@@H](C(=O)O)N(CC(=O)[O-])CC(=O)[O-].NC(=O)CC[C@@H](C(=O)O)N(CC(=O)[O-])CC(=O)[O-].[Na+].[Na+].[Na+].[Na+]. The van der Waals surface area contributed by atoms with E-state index < -0.39 is 85.9 Å². The molecule has 0 saturated carbocycles. The number of amides is 2. The van der Waals surface area contributed by atoms with Crippen molar-refractivity contribution in [2.24, 2.45) is 11.5 Å². The zero-order chi connectivity index (χ0) is 28.6. The maximum Gasteiger partial charge on any atom is 1.00 e. The zero-order valence-corrected chi connectivity index (χ0v) is 30.7. The van der Waals surface area contributed by atoms with Crippen LogP contribution in [0.15, 0.2) is 0 Å². The predicted molar refractivity (Wildman–Crippen MR) is 103 cm³/mol. The van der Waals surface area contributed by atoms with Crippen LogP contribution >= 0.6 is 0 Å². The summed E-state index contributed by atoms with van der Waals surface area (Å²) in [6, 6.07) is -2.93. The van der Waals surface area contributed by atoms with Gasteiger partial charge < -0.3 is 61.3 Å². The second-order valence-corrected chi connectivity index (χ2v) is 7.02. The van der Waals surface area contributed by atoms with E-state index in [1.807, 2.05) is 0 Å². The first kappa shape index (κ1) is 52.3. The van der Waals surface area contributed by atoms with Gasteiger partial charge in [-0.2, -0.15) is 0 Å². The average Bonchev–Trinajstić information content (AvgIpc) is 2.65. The standard InChI is InChI=1S/2C9H14N2O7.4Na/c2*10-6(12)2-1-5(9(17)18)11(3-7(13)14)4-8(15)16;;;;/h2*5H,1-4H2,(H2,10,12)(H,13,14)(H,15,16)(H,17,18);;;;/q;;4*+1/p-4/t2*5-;;;;/m00..../s1. The van der Waals surface area contributed by atoms with Crippen LogP contribution in [0.2, 0.25) is 0 Å². The number of aliphatic carboxylic acids is 6. The molecule has 0 aromatic heterocycles. The van der Waals surface area contributed by atoms with Crippen molar-refractivity contribution in [2.75, 3.05) is 26.2 Å². The topological polar surface area (TPSA) is 328 Å². The summed E-state index contributed by atoms with van der Waals surface area (Å²) in [4.78, 5) is 85.8. The van der Waals surface area contributed by atoms with E-state index in [1.54, 1.807) is 0 Å².